The lowest BCUT2D eigenvalue weighted by Crippen LogP contribution is -2.19. The molecule has 3 amide bonds. The SMILES string of the molecule is NC(=O)Nc1cccc(NC(=O)c2cc(N)cc(Cl)c2)c1. The predicted octanol–water partition coefficient (Wildman–Crippen LogP) is 2.67. The number of benzene rings is 2. The van der Waals surface area contributed by atoms with Crippen molar-refractivity contribution in [2.45, 2.75) is 0 Å². The number of hydrogen-bond acceptors (Lipinski definition) is 3. The number of urea groups is 1. The molecular formula is C14H13ClN4O2. The van der Waals surface area contributed by atoms with E-state index in [0.29, 0.717) is 27.6 Å². The van der Waals surface area contributed by atoms with Gasteiger partial charge < -0.3 is 22.1 Å². The van der Waals surface area contributed by atoms with Crippen molar-refractivity contribution in [3.8, 4) is 0 Å². The zero-order valence-electron chi connectivity index (χ0n) is 10.9. The lowest BCUT2D eigenvalue weighted by Gasteiger charge is -2.08. The highest BCUT2D eigenvalue weighted by Gasteiger charge is 2.08. The molecule has 0 radical (unpaired) electrons. The van der Waals surface area contributed by atoms with Crippen molar-refractivity contribution in [2.24, 2.45) is 5.73 Å². The molecule has 0 spiro atoms. The first-order valence-electron chi connectivity index (χ1n) is 5.98. The molecule has 108 valence electrons. The van der Waals surface area contributed by atoms with Crippen LogP contribution in [0, 0.1) is 0 Å². The Morgan fingerprint density at radius 1 is 1.00 bits per heavy atom. The number of anilines is 3. The third-order valence-electron chi connectivity index (χ3n) is 2.57. The Bertz CT molecular complexity index is 683. The molecule has 0 heterocycles. The van der Waals surface area contributed by atoms with Crippen LogP contribution in [0.3, 0.4) is 0 Å². The van der Waals surface area contributed by atoms with Crippen LogP contribution in [0.2, 0.25) is 5.02 Å². The van der Waals surface area contributed by atoms with Gasteiger partial charge in [-0.2, -0.15) is 0 Å². The highest BCUT2D eigenvalue weighted by molar-refractivity contribution is 6.31. The summed E-state index contributed by atoms with van der Waals surface area (Å²) in [6.45, 7) is 0. The summed E-state index contributed by atoms with van der Waals surface area (Å²) in [5.74, 6) is -0.361. The summed E-state index contributed by atoms with van der Waals surface area (Å²) >= 11 is 5.86. The first kappa shape index (κ1) is 14.7. The summed E-state index contributed by atoms with van der Waals surface area (Å²) in [5.41, 5.74) is 12.4. The van der Waals surface area contributed by atoms with E-state index in [1.165, 1.54) is 12.1 Å². The number of rotatable bonds is 3. The second kappa shape index (κ2) is 6.15. The second-order valence-corrected chi connectivity index (χ2v) is 4.73. The zero-order valence-corrected chi connectivity index (χ0v) is 11.6. The molecule has 6 N–H and O–H groups in total. The number of primary amides is 1. The normalized spacial score (nSPS) is 9.95. The van der Waals surface area contributed by atoms with E-state index >= 15 is 0 Å². The van der Waals surface area contributed by atoms with Gasteiger partial charge in [0, 0.05) is 27.6 Å². The zero-order chi connectivity index (χ0) is 15.4. The van der Waals surface area contributed by atoms with Gasteiger partial charge in [0.15, 0.2) is 0 Å². The molecule has 0 saturated heterocycles. The molecule has 0 aliphatic carbocycles. The van der Waals surface area contributed by atoms with Gasteiger partial charge in [-0.15, -0.1) is 0 Å². The minimum Gasteiger partial charge on any atom is -0.399 e. The average Bonchev–Trinajstić information content (AvgIpc) is 2.37. The van der Waals surface area contributed by atoms with Crippen LogP contribution in [-0.4, -0.2) is 11.9 Å². The van der Waals surface area contributed by atoms with Crippen LogP contribution in [0.1, 0.15) is 10.4 Å². The van der Waals surface area contributed by atoms with Crippen LogP contribution >= 0.6 is 11.6 Å². The number of amides is 3. The van der Waals surface area contributed by atoms with Crippen LogP contribution in [0.4, 0.5) is 21.9 Å². The van der Waals surface area contributed by atoms with Crippen molar-refractivity contribution in [2.75, 3.05) is 16.4 Å². The fraction of sp³-hybridized carbons (Fsp3) is 0. The molecule has 2 rings (SSSR count). The van der Waals surface area contributed by atoms with E-state index in [-0.39, 0.29) is 5.91 Å². The van der Waals surface area contributed by atoms with Gasteiger partial charge >= 0.3 is 6.03 Å². The monoisotopic (exact) mass is 304 g/mol. The minimum absolute atomic E-state index is 0.341. The smallest absolute Gasteiger partial charge is 0.316 e. The van der Waals surface area contributed by atoms with Crippen LogP contribution in [0.25, 0.3) is 0 Å². The third-order valence-corrected chi connectivity index (χ3v) is 2.79. The van der Waals surface area contributed by atoms with Gasteiger partial charge in [0.25, 0.3) is 5.91 Å². The van der Waals surface area contributed by atoms with Gasteiger partial charge in [-0.05, 0) is 36.4 Å². The van der Waals surface area contributed by atoms with E-state index in [1.807, 2.05) is 0 Å². The maximum Gasteiger partial charge on any atom is 0.316 e. The highest BCUT2D eigenvalue weighted by Crippen LogP contribution is 2.19. The minimum atomic E-state index is -0.680. The summed E-state index contributed by atoms with van der Waals surface area (Å²) < 4.78 is 0. The van der Waals surface area contributed by atoms with E-state index in [2.05, 4.69) is 10.6 Å². The number of carbonyl (C=O) groups is 2. The Morgan fingerprint density at radius 2 is 1.67 bits per heavy atom. The molecule has 0 unspecified atom stereocenters. The molecule has 2 aromatic carbocycles. The van der Waals surface area contributed by atoms with E-state index in [4.69, 9.17) is 23.1 Å². The van der Waals surface area contributed by atoms with E-state index in [9.17, 15) is 9.59 Å². The van der Waals surface area contributed by atoms with Crippen molar-refractivity contribution in [1.82, 2.24) is 0 Å². The van der Waals surface area contributed by atoms with Crippen LogP contribution in [0.5, 0.6) is 0 Å². The summed E-state index contributed by atoms with van der Waals surface area (Å²) in [5, 5.41) is 5.48. The highest BCUT2D eigenvalue weighted by atomic mass is 35.5. The molecular weight excluding hydrogens is 292 g/mol. The number of hydrogen-bond donors (Lipinski definition) is 4. The first-order chi connectivity index (χ1) is 9.94. The molecule has 7 heteroatoms. The Morgan fingerprint density at radius 3 is 2.29 bits per heavy atom. The lowest BCUT2D eigenvalue weighted by atomic mass is 10.2. The third kappa shape index (κ3) is 4.12. The molecule has 21 heavy (non-hydrogen) atoms. The molecule has 0 bridgehead atoms. The van der Waals surface area contributed by atoms with E-state index in [0.717, 1.165) is 0 Å². The Kier molecular flexibility index (Phi) is 4.30. The van der Waals surface area contributed by atoms with Gasteiger partial charge in [0.1, 0.15) is 0 Å². The summed E-state index contributed by atoms with van der Waals surface area (Å²) in [4.78, 5) is 22.9. The largest absolute Gasteiger partial charge is 0.399 e. The average molecular weight is 305 g/mol. The molecule has 0 fully saturated rings. The van der Waals surface area contributed by atoms with Gasteiger partial charge in [-0.25, -0.2) is 4.79 Å². The van der Waals surface area contributed by atoms with Crippen LogP contribution in [-0.2, 0) is 0 Å². The van der Waals surface area contributed by atoms with Crippen LogP contribution < -0.4 is 22.1 Å². The van der Waals surface area contributed by atoms with Crippen molar-refractivity contribution in [1.29, 1.82) is 0 Å². The lowest BCUT2D eigenvalue weighted by molar-refractivity contribution is 0.102. The number of nitrogens with two attached hydrogens (primary N) is 2. The number of carbonyl (C=O) groups excluding carboxylic acids is 2. The van der Waals surface area contributed by atoms with Crippen molar-refractivity contribution < 1.29 is 9.59 Å². The molecule has 6 nitrogen and oxygen atoms in total. The standard InChI is InChI=1S/C14H13ClN4O2/c15-9-4-8(5-10(16)6-9)13(20)18-11-2-1-3-12(7-11)19-14(17)21/h1-7H,16H2,(H,18,20)(H3,17,19,21). The molecule has 0 aromatic heterocycles. The predicted molar refractivity (Wildman–Crippen MR) is 83.5 cm³/mol. The summed E-state index contributed by atoms with van der Waals surface area (Å²) in [7, 11) is 0. The van der Waals surface area contributed by atoms with Gasteiger partial charge in [-0.1, -0.05) is 17.7 Å². The summed E-state index contributed by atoms with van der Waals surface area (Å²) in [6, 6.07) is 10.5. The van der Waals surface area contributed by atoms with E-state index < -0.39 is 6.03 Å². The maximum absolute atomic E-state index is 12.1. The number of nitrogen functional groups attached to an aromatic ring is 1. The summed E-state index contributed by atoms with van der Waals surface area (Å²) in [6.07, 6.45) is 0. The molecule has 0 saturated carbocycles. The Labute approximate surface area is 126 Å². The fourth-order valence-corrected chi connectivity index (χ4v) is 2.01. The van der Waals surface area contributed by atoms with Gasteiger partial charge in [0.05, 0.1) is 0 Å². The number of nitrogens with one attached hydrogen (secondary N) is 2. The molecule has 0 atom stereocenters. The Balaban J connectivity index is 2.17. The quantitative estimate of drug-likeness (QED) is 0.654. The first-order valence-corrected chi connectivity index (χ1v) is 6.36. The molecule has 2 aromatic rings. The second-order valence-electron chi connectivity index (χ2n) is 4.30. The number of halogens is 1. The Hall–Kier alpha value is -2.73. The van der Waals surface area contributed by atoms with Gasteiger partial charge in [0.2, 0.25) is 0 Å². The van der Waals surface area contributed by atoms with Crippen LogP contribution in [0.15, 0.2) is 42.5 Å². The molecule has 0 aliphatic rings. The topological polar surface area (TPSA) is 110 Å². The van der Waals surface area contributed by atoms with Crippen molar-refractivity contribution >= 4 is 40.6 Å². The van der Waals surface area contributed by atoms with Gasteiger partial charge in [-0.3, -0.25) is 4.79 Å². The van der Waals surface area contributed by atoms with E-state index in [1.54, 1.807) is 30.3 Å². The maximum atomic E-state index is 12.1. The van der Waals surface area contributed by atoms with Crippen molar-refractivity contribution in [3.05, 3.63) is 53.1 Å². The fourth-order valence-electron chi connectivity index (χ4n) is 1.76. The van der Waals surface area contributed by atoms with Crippen molar-refractivity contribution in [3.63, 3.8) is 0 Å². The molecule has 0 aliphatic heterocycles.